The minimum absolute atomic E-state index is 0.343. The van der Waals surface area contributed by atoms with Gasteiger partial charge in [-0.1, -0.05) is 77.0 Å². The van der Waals surface area contributed by atoms with E-state index in [1.54, 1.807) is 0 Å². The molecule has 0 rings (SSSR count). The van der Waals surface area contributed by atoms with Gasteiger partial charge < -0.3 is 9.59 Å². The largest absolute Gasteiger partial charge is 0.481 e. The molecule has 0 aliphatic heterocycles. The number of carbonyl (C=O) groups is 1. The zero-order valence-electron chi connectivity index (χ0n) is 18.9. The molecule has 0 amide bonds. The van der Waals surface area contributed by atoms with Crippen molar-refractivity contribution in [2.45, 2.75) is 124 Å². The second-order valence-corrected chi connectivity index (χ2v) is 8.46. The minimum Gasteiger partial charge on any atom is -0.481 e. The molecule has 0 aliphatic carbocycles. The highest BCUT2D eigenvalue weighted by molar-refractivity contribution is 5.66. The number of carboxylic acids is 1. The number of rotatable bonds is 21. The molecule has 0 saturated heterocycles. The average Bonchev–Trinajstić information content (AvgIpc) is 2.67. The van der Waals surface area contributed by atoms with E-state index in [2.05, 4.69) is 20.8 Å². The summed E-state index contributed by atoms with van der Waals surface area (Å²) in [4.78, 5) is 10.4. The molecule has 0 aliphatic rings. The Morgan fingerprint density at radius 1 is 0.556 bits per heavy atom. The highest BCUT2D eigenvalue weighted by Crippen LogP contribution is 2.15. The summed E-state index contributed by atoms with van der Waals surface area (Å²) in [6.45, 7) is 12.3. The van der Waals surface area contributed by atoms with E-state index in [0.29, 0.717) is 6.42 Å². The first-order valence-electron chi connectivity index (χ1n) is 12.2. The van der Waals surface area contributed by atoms with E-state index in [9.17, 15) is 4.79 Å². The number of unbranched alkanes of at least 4 members (excludes halogenated alkanes) is 14. The molecule has 0 aromatic rings. The number of aliphatic carboxylic acids is 1. The van der Waals surface area contributed by atoms with Gasteiger partial charge >= 0.3 is 5.97 Å². The van der Waals surface area contributed by atoms with Crippen LogP contribution in [0.1, 0.15) is 124 Å². The fraction of sp³-hybridized carbons (Fsp3) is 0.958. The van der Waals surface area contributed by atoms with Gasteiger partial charge in [0.15, 0.2) is 0 Å². The predicted molar refractivity (Wildman–Crippen MR) is 118 cm³/mol. The van der Waals surface area contributed by atoms with Crippen LogP contribution in [-0.2, 0) is 4.79 Å². The zero-order chi connectivity index (χ0) is 20.2. The van der Waals surface area contributed by atoms with Gasteiger partial charge in [0, 0.05) is 6.42 Å². The van der Waals surface area contributed by atoms with Crippen molar-refractivity contribution in [1.82, 2.24) is 0 Å². The van der Waals surface area contributed by atoms with Crippen molar-refractivity contribution in [3.8, 4) is 0 Å². The summed E-state index contributed by atoms with van der Waals surface area (Å²) in [6, 6.07) is 0. The van der Waals surface area contributed by atoms with Gasteiger partial charge in [-0.15, -0.1) is 0 Å². The van der Waals surface area contributed by atoms with Crippen LogP contribution in [0.3, 0.4) is 0 Å². The topological polar surface area (TPSA) is 37.3 Å². The van der Waals surface area contributed by atoms with Crippen molar-refractivity contribution < 1.29 is 14.4 Å². The molecule has 0 aromatic heterocycles. The Bertz CT molecular complexity index is 318. The molecule has 27 heavy (non-hydrogen) atoms. The molecule has 0 aromatic carbocycles. The monoisotopic (exact) mass is 384 g/mol. The van der Waals surface area contributed by atoms with Crippen molar-refractivity contribution in [1.29, 1.82) is 0 Å². The van der Waals surface area contributed by atoms with Crippen LogP contribution in [0.5, 0.6) is 0 Å². The fourth-order valence-corrected chi connectivity index (χ4v) is 4.17. The number of hydrogen-bond acceptors (Lipinski definition) is 1. The summed E-state index contributed by atoms with van der Waals surface area (Å²) in [7, 11) is 0. The first-order chi connectivity index (χ1) is 13.1. The maximum Gasteiger partial charge on any atom is 0.303 e. The van der Waals surface area contributed by atoms with E-state index in [4.69, 9.17) is 5.11 Å². The highest BCUT2D eigenvalue weighted by Gasteiger charge is 2.19. The summed E-state index contributed by atoms with van der Waals surface area (Å²) in [6.07, 6.45) is 20.2. The van der Waals surface area contributed by atoms with Crippen LogP contribution in [0, 0.1) is 0 Å². The third-order valence-electron chi connectivity index (χ3n) is 6.54. The number of carboxylic acid groups (broad SMARTS) is 1. The maximum atomic E-state index is 10.4. The Morgan fingerprint density at radius 3 is 1.15 bits per heavy atom. The summed E-state index contributed by atoms with van der Waals surface area (Å²) in [5, 5.41) is 8.59. The van der Waals surface area contributed by atoms with Gasteiger partial charge in [0.1, 0.15) is 0 Å². The Balaban J connectivity index is 3.22. The normalized spacial score (nSPS) is 11.8. The van der Waals surface area contributed by atoms with Crippen molar-refractivity contribution in [2.75, 3.05) is 26.2 Å². The number of quaternary nitrogens is 1. The Morgan fingerprint density at radius 2 is 0.852 bits per heavy atom. The molecular weight excluding hydrogens is 334 g/mol. The highest BCUT2D eigenvalue weighted by atomic mass is 16.4. The molecule has 3 heteroatoms. The summed E-state index contributed by atoms with van der Waals surface area (Å²) < 4.78 is 1.31. The first-order valence-corrected chi connectivity index (χ1v) is 12.2. The van der Waals surface area contributed by atoms with Crippen LogP contribution >= 0.6 is 0 Å². The third kappa shape index (κ3) is 16.1. The van der Waals surface area contributed by atoms with Crippen LogP contribution in [0.4, 0.5) is 0 Å². The molecule has 0 fully saturated rings. The fourth-order valence-electron chi connectivity index (χ4n) is 4.17. The molecule has 0 radical (unpaired) electrons. The Labute approximate surface area is 170 Å². The van der Waals surface area contributed by atoms with Crippen molar-refractivity contribution in [2.24, 2.45) is 0 Å². The van der Waals surface area contributed by atoms with Gasteiger partial charge in [-0.2, -0.15) is 0 Å². The molecule has 0 unspecified atom stereocenters. The standard InChI is InChI=1S/C24H49NO2/c1-4-25(5-2,6-3)23-21-19-17-15-13-11-9-7-8-10-12-14-16-18-20-22-24(26)27/h4-23H2,1-3H3/p+1. The quantitative estimate of drug-likeness (QED) is 0.168. The summed E-state index contributed by atoms with van der Waals surface area (Å²) in [5.74, 6) is -0.652. The first kappa shape index (κ1) is 26.4. The van der Waals surface area contributed by atoms with E-state index in [-0.39, 0.29) is 0 Å². The smallest absolute Gasteiger partial charge is 0.303 e. The van der Waals surface area contributed by atoms with Crippen molar-refractivity contribution in [3.05, 3.63) is 0 Å². The van der Waals surface area contributed by atoms with E-state index in [1.807, 2.05) is 0 Å². The van der Waals surface area contributed by atoms with E-state index >= 15 is 0 Å². The van der Waals surface area contributed by atoms with Gasteiger partial charge in [0.05, 0.1) is 26.2 Å². The second kappa shape index (κ2) is 18.8. The Hall–Kier alpha value is -0.570. The molecule has 0 spiro atoms. The molecule has 0 heterocycles. The van der Waals surface area contributed by atoms with Gasteiger partial charge in [0.2, 0.25) is 0 Å². The lowest BCUT2D eigenvalue weighted by molar-refractivity contribution is -0.923. The number of nitrogens with zero attached hydrogens (tertiary/aromatic N) is 1. The lowest BCUT2D eigenvalue weighted by Crippen LogP contribution is -2.48. The van der Waals surface area contributed by atoms with Crippen LogP contribution in [0.2, 0.25) is 0 Å². The van der Waals surface area contributed by atoms with Gasteiger partial charge in [-0.05, 0) is 40.0 Å². The lowest BCUT2D eigenvalue weighted by Gasteiger charge is -2.35. The molecule has 0 saturated carbocycles. The van der Waals surface area contributed by atoms with E-state index in [1.165, 1.54) is 114 Å². The molecule has 0 bridgehead atoms. The molecule has 3 nitrogen and oxygen atoms in total. The van der Waals surface area contributed by atoms with Crippen LogP contribution < -0.4 is 0 Å². The van der Waals surface area contributed by atoms with E-state index in [0.717, 1.165) is 12.8 Å². The van der Waals surface area contributed by atoms with Crippen LogP contribution in [0.15, 0.2) is 0 Å². The van der Waals surface area contributed by atoms with Crippen LogP contribution in [-0.4, -0.2) is 41.7 Å². The lowest BCUT2D eigenvalue weighted by atomic mass is 10.0. The van der Waals surface area contributed by atoms with Gasteiger partial charge in [-0.3, -0.25) is 4.79 Å². The molecule has 0 atom stereocenters. The summed E-state index contributed by atoms with van der Waals surface area (Å²) in [5.41, 5.74) is 0. The average molecular weight is 385 g/mol. The van der Waals surface area contributed by atoms with Gasteiger partial charge in [-0.25, -0.2) is 0 Å². The van der Waals surface area contributed by atoms with Gasteiger partial charge in [0.25, 0.3) is 0 Å². The second-order valence-electron chi connectivity index (χ2n) is 8.46. The summed E-state index contributed by atoms with van der Waals surface area (Å²) >= 11 is 0. The third-order valence-corrected chi connectivity index (χ3v) is 6.54. The predicted octanol–water partition coefficient (Wildman–Crippen LogP) is 7.19. The minimum atomic E-state index is -0.652. The molecular formula is C24H50NO2+. The van der Waals surface area contributed by atoms with Crippen molar-refractivity contribution >= 4 is 5.97 Å². The SMILES string of the molecule is CC[N+](CC)(CC)CCCCCCCCCCCCCCCCCC(=O)O. The maximum absolute atomic E-state index is 10.4. The zero-order valence-corrected chi connectivity index (χ0v) is 18.9. The van der Waals surface area contributed by atoms with Crippen molar-refractivity contribution in [3.63, 3.8) is 0 Å². The molecule has 162 valence electrons. The Kier molecular flexibility index (Phi) is 18.4. The molecule has 1 N–H and O–H groups in total. The van der Waals surface area contributed by atoms with E-state index < -0.39 is 5.97 Å². The number of hydrogen-bond donors (Lipinski definition) is 1. The van der Waals surface area contributed by atoms with Crippen LogP contribution in [0.25, 0.3) is 0 Å².